The number of carbonyl (C=O) groups excluding carboxylic acids is 2. The maximum absolute atomic E-state index is 11.9. The highest BCUT2D eigenvalue weighted by Crippen LogP contribution is 2.12. The molecule has 0 spiro atoms. The smallest absolute Gasteiger partial charge is 0.225 e. The number of carbonyl (C=O) groups is 2. The Morgan fingerprint density at radius 1 is 1.37 bits per heavy atom. The van der Waals surface area contributed by atoms with Crippen molar-refractivity contribution in [1.29, 1.82) is 0 Å². The van der Waals surface area contributed by atoms with Gasteiger partial charge in [-0.3, -0.25) is 9.59 Å². The molecule has 1 rings (SSSR count). The Kier molecular flexibility index (Phi) is 7.37. The molecule has 1 heterocycles. The van der Waals surface area contributed by atoms with Crippen LogP contribution in [0.25, 0.3) is 0 Å². The summed E-state index contributed by atoms with van der Waals surface area (Å²) in [6, 6.07) is 0.104. The number of nitrogens with one attached hydrogen (secondary N) is 1. The van der Waals surface area contributed by atoms with Crippen LogP contribution >= 0.6 is 12.4 Å². The van der Waals surface area contributed by atoms with Crippen molar-refractivity contribution in [2.24, 2.45) is 11.1 Å². The van der Waals surface area contributed by atoms with E-state index in [1.165, 1.54) is 0 Å². The van der Waals surface area contributed by atoms with Crippen LogP contribution in [0.4, 0.5) is 0 Å². The minimum atomic E-state index is -0.406. The van der Waals surface area contributed by atoms with Crippen molar-refractivity contribution >= 4 is 24.2 Å². The van der Waals surface area contributed by atoms with Gasteiger partial charge in [-0.1, -0.05) is 20.8 Å². The molecule has 0 aliphatic carbocycles. The van der Waals surface area contributed by atoms with Crippen molar-refractivity contribution in [1.82, 2.24) is 10.2 Å². The molecule has 1 aliphatic heterocycles. The molecule has 3 N–H and O–H groups in total. The Morgan fingerprint density at radius 2 is 2.00 bits per heavy atom. The van der Waals surface area contributed by atoms with Gasteiger partial charge in [0.05, 0.1) is 0 Å². The van der Waals surface area contributed by atoms with Crippen LogP contribution in [0, 0.1) is 5.41 Å². The van der Waals surface area contributed by atoms with E-state index in [0.717, 1.165) is 19.4 Å². The second-order valence-corrected chi connectivity index (χ2v) is 6.00. The van der Waals surface area contributed by atoms with Crippen LogP contribution < -0.4 is 11.1 Å². The van der Waals surface area contributed by atoms with E-state index < -0.39 is 5.41 Å². The molecular formula is C13H26ClN3O2. The number of halogens is 1. The maximum Gasteiger partial charge on any atom is 0.225 e. The summed E-state index contributed by atoms with van der Waals surface area (Å²) in [5.41, 5.74) is 5.43. The lowest BCUT2D eigenvalue weighted by molar-refractivity contribution is -0.132. The summed E-state index contributed by atoms with van der Waals surface area (Å²) in [4.78, 5) is 25.3. The second kappa shape index (κ2) is 7.70. The van der Waals surface area contributed by atoms with Gasteiger partial charge in [0.15, 0.2) is 0 Å². The van der Waals surface area contributed by atoms with E-state index in [2.05, 4.69) is 5.32 Å². The first-order valence-electron chi connectivity index (χ1n) is 6.62. The largest absolute Gasteiger partial charge is 0.355 e. The summed E-state index contributed by atoms with van der Waals surface area (Å²) < 4.78 is 0. The Morgan fingerprint density at radius 3 is 2.53 bits per heavy atom. The number of rotatable bonds is 3. The second-order valence-electron chi connectivity index (χ2n) is 6.00. The van der Waals surface area contributed by atoms with Crippen LogP contribution in [0.2, 0.25) is 0 Å². The molecule has 1 aliphatic rings. The monoisotopic (exact) mass is 291 g/mol. The first kappa shape index (κ1) is 18.2. The highest BCUT2D eigenvalue weighted by atomic mass is 35.5. The molecule has 1 saturated heterocycles. The maximum atomic E-state index is 11.9. The molecule has 1 atom stereocenters. The number of hydrogen-bond donors (Lipinski definition) is 2. The van der Waals surface area contributed by atoms with Crippen molar-refractivity contribution in [2.75, 3.05) is 19.6 Å². The predicted molar refractivity (Wildman–Crippen MR) is 78.1 cm³/mol. The number of nitrogens with two attached hydrogens (primary N) is 1. The first-order chi connectivity index (χ1) is 8.30. The van der Waals surface area contributed by atoms with Gasteiger partial charge >= 0.3 is 0 Å². The van der Waals surface area contributed by atoms with Crippen LogP contribution in [0.5, 0.6) is 0 Å². The number of likely N-dealkylation sites (tertiary alicyclic amines) is 1. The van der Waals surface area contributed by atoms with E-state index in [9.17, 15) is 9.59 Å². The van der Waals surface area contributed by atoms with Crippen molar-refractivity contribution in [2.45, 2.75) is 46.1 Å². The minimum absolute atomic E-state index is 0. The van der Waals surface area contributed by atoms with Crippen LogP contribution in [0.15, 0.2) is 0 Å². The molecule has 1 unspecified atom stereocenters. The minimum Gasteiger partial charge on any atom is -0.355 e. The van der Waals surface area contributed by atoms with Gasteiger partial charge in [0.2, 0.25) is 11.8 Å². The van der Waals surface area contributed by atoms with Crippen LogP contribution in [-0.2, 0) is 9.59 Å². The Balaban J connectivity index is 0.00000324. The molecule has 1 fully saturated rings. The zero-order chi connectivity index (χ0) is 13.8. The number of nitrogens with zero attached hydrogens (tertiary/aromatic N) is 1. The number of piperidine rings is 1. The SMILES string of the molecule is CC(C)(C)C(=O)NCCC(=O)N1CCCC(N)C1.Cl. The normalized spacial score (nSPS) is 19.6. The average Bonchev–Trinajstić information content (AvgIpc) is 2.27. The quantitative estimate of drug-likeness (QED) is 0.811. The molecule has 0 aromatic rings. The van der Waals surface area contributed by atoms with E-state index in [0.29, 0.717) is 19.5 Å². The molecule has 0 aromatic carbocycles. The highest BCUT2D eigenvalue weighted by Gasteiger charge is 2.23. The number of hydrogen-bond acceptors (Lipinski definition) is 3. The van der Waals surface area contributed by atoms with Gasteiger partial charge in [0.1, 0.15) is 0 Å². The summed E-state index contributed by atoms with van der Waals surface area (Å²) in [6.07, 6.45) is 2.32. The molecular weight excluding hydrogens is 266 g/mol. The van der Waals surface area contributed by atoms with Crippen LogP contribution in [0.3, 0.4) is 0 Å². The van der Waals surface area contributed by atoms with Gasteiger partial charge in [-0.2, -0.15) is 0 Å². The zero-order valence-electron chi connectivity index (χ0n) is 12.1. The van der Waals surface area contributed by atoms with Crippen LogP contribution in [0.1, 0.15) is 40.0 Å². The number of amides is 2. The molecule has 0 saturated carbocycles. The van der Waals surface area contributed by atoms with E-state index in [-0.39, 0.29) is 30.3 Å². The molecule has 0 bridgehead atoms. The molecule has 19 heavy (non-hydrogen) atoms. The predicted octanol–water partition coefficient (Wildman–Crippen LogP) is 0.910. The third kappa shape index (κ3) is 6.25. The molecule has 112 valence electrons. The molecule has 5 nitrogen and oxygen atoms in total. The fourth-order valence-electron chi connectivity index (χ4n) is 1.94. The summed E-state index contributed by atoms with van der Waals surface area (Å²) in [7, 11) is 0. The zero-order valence-corrected chi connectivity index (χ0v) is 12.9. The summed E-state index contributed by atoms with van der Waals surface area (Å²) >= 11 is 0. The summed E-state index contributed by atoms with van der Waals surface area (Å²) in [5.74, 6) is 0.0602. The standard InChI is InChI=1S/C13H25N3O2.ClH/c1-13(2,3)12(18)15-7-6-11(17)16-8-4-5-10(14)9-16;/h10H,4-9,14H2,1-3H3,(H,15,18);1H. The van der Waals surface area contributed by atoms with Gasteiger partial charge < -0.3 is 16.0 Å². The van der Waals surface area contributed by atoms with Crippen molar-refractivity contribution in [3.8, 4) is 0 Å². The van der Waals surface area contributed by atoms with Crippen LogP contribution in [-0.4, -0.2) is 42.4 Å². The van der Waals surface area contributed by atoms with E-state index >= 15 is 0 Å². The molecule has 6 heteroatoms. The fourth-order valence-corrected chi connectivity index (χ4v) is 1.94. The summed E-state index contributed by atoms with van der Waals surface area (Å²) in [5, 5.41) is 2.79. The van der Waals surface area contributed by atoms with Gasteiger partial charge in [0, 0.05) is 37.5 Å². The van der Waals surface area contributed by atoms with E-state index in [1.54, 1.807) is 4.90 Å². The van der Waals surface area contributed by atoms with Gasteiger partial charge in [-0.05, 0) is 12.8 Å². The van der Waals surface area contributed by atoms with Gasteiger partial charge in [0.25, 0.3) is 0 Å². The lowest BCUT2D eigenvalue weighted by atomic mass is 9.96. The summed E-state index contributed by atoms with van der Waals surface area (Å²) in [6.45, 7) is 7.40. The molecule has 0 radical (unpaired) electrons. The Hall–Kier alpha value is -0.810. The van der Waals surface area contributed by atoms with Crippen molar-refractivity contribution < 1.29 is 9.59 Å². The van der Waals surface area contributed by atoms with Gasteiger partial charge in [-0.15, -0.1) is 12.4 Å². The highest BCUT2D eigenvalue weighted by molar-refractivity contribution is 5.85. The van der Waals surface area contributed by atoms with Crippen molar-refractivity contribution in [3.63, 3.8) is 0 Å². The van der Waals surface area contributed by atoms with E-state index in [1.807, 2.05) is 20.8 Å². The van der Waals surface area contributed by atoms with Crippen molar-refractivity contribution in [3.05, 3.63) is 0 Å². The van der Waals surface area contributed by atoms with Gasteiger partial charge in [-0.25, -0.2) is 0 Å². The third-order valence-corrected chi connectivity index (χ3v) is 3.12. The fraction of sp³-hybridized carbons (Fsp3) is 0.846. The average molecular weight is 292 g/mol. The Bertz CT molecular complexity index is 316. The topological polar surface area (TPSA) is 75.4 Å². The first-order valence-corrected chi connectivity index (χ1v) is 6.62. The lowest BCUT2D eigenvalue weighted by Gasteiger charge is -2.31. The third-order valence-electron chi connectivity index (χ3n) is 3.12. The Labute approximate surface area is 121 Å². The van der Waals surface area contributed by atoms with E-state index in [4.69, 9.17) is 5.73 Å². The molecule has 0 aromatic heterocycles. The lowest BCUT2D eigenvalue weighted by Crippen LogP contribution is -2.46. The molecule has 2 amide bonds.